The second-order valence-corrected chi connectivity index (χ2v) is 7.11. The molecule has 8 nitrogen and oxygen atoms in total. The molecule has 176 valence electrons. The van der Waals surface area contributed by atoms with Gasteiger partial charge in [0.1, 0.15) is 24.3 Å². The van der Waals surface area contributed by atoms with Crippen molar-refractivity contribution < 1.29 is 32.9 Å². The molecular weight excluding hydrogens is 445 g/mol. The third-order valence-corrected chi connectivity index (χ3v) is 4.65. The maximum atomic E-state index is 12.7. The minimum Gasteiger partial charge on any atom is -0.457 e. The van der Waals surface area contributed by atoms with Crippen molar-refractivity contribution in [3.8, 4) is 11.5 Å². The van der Waals surface area contributed by atoms with Gasteiger partial charge in [-0.2, -0.15) is 13.2 Å². The Morgan fingerprint density at radius 1 is 1.00 bits per heavy atom. The summed E-state index contributed by atoms with van der Waals surface area (Å²) in [6.07, 6.45) is -3.87. The number of rotatable bonds is 9. The van der Waals surface area contributed by atoms with E-state index in [2.05, 4.69) is 4.98 Å². The van der Waals surface area contributed by atoms with Crippen LogP contribution in [-0.4, -0.2) is 39.1 Å². The van der Waals surface area contributed by atoms with Gasteiger partial charge in [-0.05, 0) is 42.0 Å². The van der Waals surface area contributed by atoms with Crippen LogP contribution in [0.4, 0.5) is 13.2 Å². The Bertz CT molecular complexity index is 1180. The maximum Gasteiger partial charge on any atom is 0.416 e. The first-order chi connectivity index (χ1) is 15.7. The number of H-pyrrole nitrogens is 1. The molecule has 3 N–H and O–H groups in total. The summed E-state index contributed by atoms with van der Waals surface area (Å²) in [5.41, 5.74) is -1.19. The Hall–Kier alpha value is -3.41. The average molecular weight is 466 g/mol. The number of aromatic amines is 1. The molecule has 11 heteroatoms. The monoisotopic (exact) mass is 466 g/mol. The minimum atomic E-state index is -4.44. The highest BCUT2D eigenvalue weighted by Crippen LogP contribution is 2.31. The fraction of sp³-hybridized carbons (Fsp3) is 0.273. The normalized spacial score (nSPS) is 11.7. The number of aromatic nitrogens is 2. The molecule has 3 aromatic rings. The number of alkyl halides is 3. The molecule has 0 saturated heterocycles. The molecule has 0 spiro atoms. The summed E-state index contributed by atoms with van der Waals surface area (Å²) in [5.74, 6) is 0.570. The lowest BCUT2D eigenvalue weighted by Crippen LogP contribution is -2.34. The molecular formula is C22H21F3N2O6. The third kappa shape index (κ3) is 6.54. The molecule has 0 fully saturated rings. The van der Waals surface area contributed by atoms with E-state index < -0.39 is 42.3 Å². The molecule has 0 saturated carbocycles. The van der Waals surface area contributed by atoms with Crippen LogP contribution in [0.1, 0.15) is 16.7 Å². The number of aliphatic hydroxyl groups excluding tert-OH is 2. The van der Waals surface area contributed by atoms with Gasteiger partial charge in [-0.3, -0.25) is 14.3 Å². The summed E-state index contributed by atoms with van der Waals surface area (Å²) in [6.45, 7) is -1.16. The Kier molecular flexibility index (Phi) is 7.69. The van der Waals surface area contributed by atoms with Crippen LogP contribution in [0.3, 0.4) is 0 Å². The molecule has 0 unspecified atom stereocenters. The zero-order valence-electron chi connectivity index (χ0n) is 17.2. The van der Waals surface area contributed by atoms with Crippen molar-refractivity contribution in [2.45, 2.75) is 25.4 Å². The second-order valence-electron chi connectivity index (χ2n) is 7.11. The molecule has 0 radical (unpaired) electrons. The van der Waals surface area contributed by atoms with E-state index in [0.29, 0.717) is 11.3 Å². The smallest absolute Gasteiger partial charge is 0.416 e. The van der Waals surface area contributed by atoms with Crippen LogP contribution in [0.25, 0.3) is 0 Å². The number of halogens is 3. The largest absolute Gasteiger partial charge is 0.457 e. The van der Waals surface area contributed by atoms with Crippen LogP contribution in [0, 0.1) is 0 Å². The number of hydrogen-bond donors (Lipinski definition) is 3. The first-order valence-electron chi connectivity index (χ1n) is 9.79. The molecule has 0 amide bonds. The summed E-state index contributed by atoms with van der Waals surface area (Å²) in [5, 5.41) is 18.1. The Morgan fingerprint density at radius 3 is 2.33 bits per heavy atom. The van der Waals surface area contributed by atoms with Gasteiger partial charge >= 0.3 is 11.9 Å². The molecule has 0 aliphatic rings. The third-order valence-electron chi connectivity index (χ3n) is 4.65. The van der Waals surface area contributed by atoms with Crippen LogP contribution >= 0.6 is 0 Å². The maximum absolute atomic E-state index is 12.7. The van der Waals surface area contributed by atoms with Gasteiger partial charge in [-0.15, -0.1) is 0 Å². The van der Waals surface area contributed by atoms with E-state index in [4.69, 9.17) is 19.7 Å². The van der Waals surface area contributed by atoms with Crippen molar-refractivity contribution in [2.24, 2.45) is 0 Å². The highest BCUT2D eigenvalue weighted by Gasteiger charge is 2.30. The van der Waals surface area contributed by atoms with Crippen molar-refractivity contribution in [3.63, 3.8) is 0 Å². The quantitative estimate of drug-likeness (QED) is 0.446. The number of ether oxygens (including phenoxy) is 2. The Labute approximate surface area is 185 Å². The highest BCUT2D eigenvalue weighted by molar-refractivity contribution is 5.37. The van der Waals surface area contributed by atoms with E-state index in [0.717, 1.165) is 16.7 Å². The van der Waals surface area contributed by atoms with Crippen molar-refractivity contribution >= 4 is 0 Å². The van der Waals surface area contributed by atoms with Crippen molar-refractivity contribution in [1.82, 2.24) is 9.55 Å². The van der Waals surface area contributed by atoms with Crippen molar-refractivity contribution in [1.29, 1.82) is 0 Å². The summed E-state index contributed by atoms with van der Waals surface area (Å²) in [7, 11) is 0. The highest BCUT2D eigenvalue weighted by atomic mass is 19.4. The van der Waals surface area contributed by atoms with Crippen molar-refractivity contribution in [2.75, 3.05) is 13.2 Å². The number of hydrogen-bond acceptors (Lipinski definition) is 6. The SMILES string of the molecule is O=c1[nH]c(=O)n(COC(CO)CO)cc1Cc1cccc(Oc2ccc(C(F)(F)F)cc2)c1. The van der Waals surface area contributed by atoms with Gasteiger partial charge in [0.2, 0.25) is 0 Å². The first kappa shape index (κ1) is 24.2. The average Bonchev–Trinajstić information content (AvgIpc) is 2.77. The number of nitrogens with zero attached hydrogens (tertiary/aromatic N) is 1. The van der Waals surface area contributed by atoms with Crippen molar-refractivity contribution in [3.05, 3.63) is 92.3 Å². The van der Waals surface area contributed by atoms with Gasteiger partial charge in [-0.25, -0.2) is 4.79 Å². The van der Waals surface area contributed by atoms with Crippen LogP contribution < -0.4 is 16.0 Å². The zero-order chi connectivity index (χ0) is 24.0. The summed E-state index contributed by atoms with van der Waals surface area (Å²) >= 11 is 0. The lowest BCUT2D eigenvalue weighted by molar-refractivity contribution is -0.137. The topological polar surface area (TPSA) is 114 Å². The van der Waals surface area contributed by atoms with Gasteiger partial charge in [0.05, 0.1) is 18.8 Å². The van der Waals surface area contributed by atoms with Crippen LogP contribution in [-0.2, 0) is 24.1 Å². The molecule has 33 heavy (non-hydrogen) atoms. The second kappa shape index (κ2) is 10.5. The van der Waals surface area contributed by atoms with Gasteiger partial charge in [0, 0.05) is 18.2 Å². The fourth-order valence-electron chi connectivity index (χ4n) is 2.91. The summed E-state index contributed by atoms with van der Waals surface area (Å²) in [4.78, 5) is 26.4. The molecule has 0 aliphatic carbocycles. The lowest BCUT2D eigenvalue weighted by Gasteiger charge is -2.14. The van der Waals surface area contributed by atoms with Gasteiger partial charge in [-0.1, -0.05) is 12.1 Å². The number of nitrogens with one attached hydrogen (secondary N) is 1. The van der Waals surface area contributed by atoms with E-state index >= 15 is 0 Å². The van der Waals surface area contributed by atoms with E-state index in [1.807, 2.05) is 0 Å². The van der Waals surface area contributed by atoms with E-state index in [1.54, 1.807) is 24.3 Å². The predicted octanol–water partition coefficient (Wildman–Crippen LogP) is 2.27. The van der Waals surface area contributed by atoms with Crippen LogP contribution in [0.15, 0.2) is 64.3 Å². The molecule has 0 atom stereocenters. The number of benzene rings is 2. The van der Waals surface area contributed by atoms with E-state index in [1.165, 1.54) is 18.3 Å². The molecule has 0 aliphatic heterocycles. The molecule has 0 bridgehead atoms. The summed E-state index contributed by atoms with van der Waals surface area (Å²) in [6, 6.07) is 10.9. The van der Waals surface area contributed by atoms with Gasteiger partial charge < -0.3 is 19.7 Å². The van der Waals surface area contributed by atoms with Gasteiger partial charge in [0.25, 0.3) is 5.56 Å². The molecule has 1 heterocycles. The Balaban J connectivity index is 1.75. The zero-order valence-corrected chi connectivity index (χ0v) is 17.2. The standard InChI is InChI=1S/C22H21F3N2O6/c23-22(24,25)16-4-6-17(7-5-16)33-18-3-1-2-14(9-18)8-15-10-27(21(31)26-20(15)30)13-32-19(11-28)12-29/h1-7,9-10,19,28-29H,8,11-13H2,(H,26,30,31). The first-order valence-corrected chi connectivity index (χ1v) is 9.79. The Morgan fingerprint density at radius 2 is 1.70 bits per heavy atom. The minimum absolute atomic E-state index is 0.128. The van der Waals surface area contributed by atoms with Crippen LogP contribution in [0.5, 0.6) is 11.5 Å². The van der Waals surface area contributed by atoms with E-state index in [-0.39, 0.29) is 24.5 Å². The van der Waals surface area contributed by atoms with E-state index in [9.17, 15) is 22.8 Å². The number of aliphatic hydroxyl groups is 2. The fourth-order valence-corrected chi connectivity index (χ4v) is 2.91. The predicted molar refractivity (Wildman–Crippen MR) is 111 cm³/mol. The molecule has 3 rings (SSSR count). The lowest BCUT2D eigenvalue weighted by atomic mass is 10.1. The molecule has 2 aromatic carbocycles. The summed E-state index contributed by atoms with van der Waals surface area (Å²) < 4.78 is 50.0. The van der Waals surface area contributed by atoms with Crippen LogP contribution in [0.2, 0.25) is 0 Å². The van der Waals surface area contributed by atoms with Gasteiger partial charge in [0.15, 0.2) is 0 Å². The molecule has 1 aromatic heterocycles.